The monoisotopic (exact) mass is 462 g/mol. The molecule has 0 bridgehead atoms. The van der Waals surface area contributed by atoms with E-state index in [0.29, 0.717) is 5.25 Å². The van der Waals surface area contributed by atoms with Crippen LogP contribution in [0.25, 0.3) is 6.08 Å². The molecule has 3 unspecified atom stereocenters. The number of ether oxygens (including phenoxy) is 1. The van der Waals surface area contributed by atoms with Crippen molar-refractivity contribution in [2.24, 2.45) is 5.92 Å². The van der Waals surface area contributed by atoms with Gasteiger partial charge in [-0.1, -0.05) is 25.5 Å². The zero-order valence-electron chi connectivity index (χ0n) is 18.5. The summed E-state index contributed by atoms with van der Waals surface area (Å²) in [6.07, 6.45) is 8.00. The predicted octanol–water partition coefficient (Wildman–Crippen LogP) is 4.48. The third-order valence-electron chi connectivity index (χ3n) is 5.77. The number of methoxy groups -OCH3 is 1. The van der Waals surface area contributed by atoms with E-state index in [2.05, 4.69) is 17.6 Å². The molecule has 3 atom stereocenters. The summed E-state index contributed by atoms with van der Waals surface area (Å²) in [5, 5.41) is 6.59. The fourth-order valence-electron chi connectivity index (χ4n) is 3.99. The van der Waals surface area contributed by atoms with Crippen molar-refractivity contribution in [2.75, 3.05) is 25.2 Å². The minimum atomic E-state index is -0.0424. The maximum Gasteiger partial charge on any atom is 0.257 e. The fourth-order valence-corrected chi connectivity index (χ4v) is 6.33. The number of hydrogen-bond donors (Lipinski definition) is 2. The molecule has 5 nitrogen and oxygen atoms in total. The van der Waals surface area contributed by atoms with Crippen molar-refractivity contribution in [3.8, 4) is 5.75 Å². The summed E-state index contributed by atoms with van der Waals surface area (Å²) in [5.74, 6) is 3.19. The van der Waals surface area contributed by atoms with E-state index in [1.54, 1.807) is 18.9 Å². The second kappa shape index (κ2) is 12.4. The van der Waals surface area contributed by atoms with Crippen LogP contribution in [0.1, 0.15) is 51.0 Å². The van der Waals surface area contributed by atoms with Crippen molar-refractivity contribution in [2.45, 2.75) is 56.7 Å². The van der Waals surface area contributed by atoms with Gasteiger partial charge in [0.25, 0.3) is 5.91 Å². The lowest BCUT2D eigenvalue weighted by atomic mass is 9.84. The first kappa shape index (κ1) is 24.1. The highest BCUT2D eigenvalue weighted by molar-refractivity contribution is 8.04. The Labute approximate surface area is 194 Å². The number of nitrogens with one attached hydrogen (secondary N) is 2. The van der Waals surface area contributed by atoms with Crippen molar-refractivity contribution < 1.29 is 14.3 Å². The van der Waals surface area contributed by atoms with Gasteiger partial charge in [-0.25, -0.2) is 0 Å². The Morgan fingerprint density at radius 3 is 2.97 bits per heavy atom. The number of thioether (sulfide) groups is 2. The number of amides is 2. The number of fused-ring (bicyclic) bond motifs is 1. The van der Waals surface area contributed by atoms with E-state index in [1.807, 2.05) is 42.1 Å². The van der Waals surface area contributed by atoms with Gasteiger partial charge in [-0.15, -0.1) is 11.8 Å². The summed E-state index contributed by atoms with van der Waals surface area (Å²) in [7, 11) is 1.64. The van der Waals surface area contributed by atoms with E-state index in [0.717, 1.165) is 54.2 Å². The number of benzene rings is 1. The van der Waals surface area contributed by atoms with Crippen LogP contribution >= 0.6 is 23.5 Å². The molecule has 1 saturated heterocycles. The molecule has 7 heteroatoms. The minimum Gasteiger partial charge on any atom is -0.497 e. The largest absolute Gasteiger partial charge is 0.497 e. The van der Waals surface area contributed by atoms with Gasteiger partial charge in [-0.05, 0) is 67.4 Å². The molecule has 3 rings (SSSR count). The second-order valence-corrected chi connectivity index (χ2v) is 10.6. The van der Waals surface area contributed by atoms with E-state index >= 15 is 0 Å². The summed E-state index contributed by atoms with van der Waals surface area (Å²) in [4.78, 5) is 26.0. The van der Waals surface area contributed by atoms with Gasteiger partial charge >= 0.3 is 0 Å². The Kier molecular flexibility index (Phi) is 9.65. The van der Waals surface area contributed by atoms with Crippen molar-refractivity contribution >= 4 is 41.4 Å². The van der Waals surface area contributed by atoms with Gasteiger partial charge in [0.15, 0.2) is 0 Å². The number of unbranched alkanes of at least 4 members (excludes halogenated alkanes) is 1. The zero-order chi connectivity index (χ0) is 22.1. The lowest BCUT2D eigenvalue weighted by Gasteiger charge is -2.39. The lowest BCUT2D eigenvalue weighted by molar-refractivity contribution is -0.127. The van der Waals surface area contributed by atoms with Crippen molar-refractivity contribution in [1.82, 2.24) is 10.6 Å². The Bertz CT molecular complexity index is 784. The van der Waals surface area contributed by atoms with E-state index in [-0.39, 0.29) is 23.8 Å². The number of carbonyl (C=O) groups is 2. The second-order valence-electron chi connectivity index (χ2n) is 8.14. The van der Waals surface area contributed by atoms with E-state index < -0.39 is 0 Å². The van der Waals surface area contributed by atoms with Crippen LogP contribution in [-0.4, -0.2) is 48.3 Å². The number of hydrogen-bond acceptors (Lipinski definition) is 5. The fraction of sp³-hybridized carbons (Fsp3) is 0.583. The molecule has 2 fully saturated rings. The van der Waals surface area contributed by atoms with Crippen LogP contribution in [0.15, 0.2) is 29.2 Å². The van der Waals surface area contributed by atoms with Gasteiger partial charge in [-0.2, -0.15) is 11.8 Å². The van der Waals surface area contributed by atoms with Gasteiger partial charge in [-0.3, -0.25) is 9.59 Å². The maximum atomic E-state index is 12.7. The normalized spacial score (nSPS) is 24.4. The van der Waals surface area contributed by atoms with Crippen LogP contribution in [0.4, 0.5) is 0 Å². The van der Waals surface area contributed by atoms with E-state index in [9.17, 15) is 9.59 Å². The van der Waals surface area contributed by atoms with Crippen molar-refractivity contribution in [3.63, 3.8) is 0 Å². The van der Waals surface area contributed by atoms with Crippen LogP contribution in [0.3, 0.4) is 0 Å². The third kappa shape index (κ3) is 7.21. The molecule has 2 amide bonds. The average molecular weight is 463 g/mol. The molecular weight excluding hydrogens is 428 g/mol. The first-order valence-electron chi connectivity index (χ1n) is 11.3. The Morgan fingerprint density at radius 2 is 2.16 bits per heavy atom. The predicted molar refractivity (Wildman–Crippen MR) is 131 cm³/mol. The SMILES string of the molecule is CCCCSCCCNC(=O)C1CCC2S/C(=C/c3cccc(OC)c3)C(=O)NC2C1. The number of carbonyl (C=O) groups excluding carboxylic acids is 2. The highest BCUT2D eigenvalue weighted by atomic mass is 32.2. The molecule has 170 valence electrons. The Hall–Kier alpha value is -1.60. The lowest BCUT2D eigenvalue weighted by Crippen LogP contribution is -2.51. The molecule has 1 saturated carbocycles. The van der Waals surface area contributed by atoms with Gasteiger partial charge in [0, 0.05) is 23.8 Å². The summed E-state index contributed by atoms with van der Waals surface area (Å²) in [6.45, 7) is 2.96. The summed E-state index contributed by atoms with van der Waals surface area (Å²) < 4.78 is 5.27. The van der Waals surface area contributed by atoms with Crippen LogP contribution < -0.4 is 15.4 Å². The molecule has 2 N–H and O–H groups in total. The van der Waals surface area contributed by atoms with Gasteiger partial charge < -0.3 is 15.4 Å². The van der Waals surface area contributed by atoms with Crippen LogP contribution in [0, 0.1) is 5.92 Å². The quantitative estimate of drug-likeness (QED) is 0.396. The molecule has 31 heavy (non-hydrogen) atoms. The van der Waals surface area contributed by atoms with Crippen LogP contribution in [0.2, 0.25) is 0 Å². The molecule has 1 aliphatic carbocycles. The molecule has 0 radical (unpaired) electrons. The molecule has 1 aliphatic heterocycles. The zero-order valence-corrected chi connectivity index (χ0v) is 20.2. The highest BCUT2D eigenvalue weighted by Gasteiger charge is 2.39. The van der Waals surface area contributed by atoms with Crippen molar-refractivity contribution in [3.05, 3.63) is 34.7 Å². The topological polar surface area (TPSA) is 67.4 Å². The molecule has 0 aromatic heterocycles. The smallest absolute Gasteiger partial charge is 0.257 e. The molecule has 1 aromatic carbocycles. The molecule has 0 spiro atoms. The molecule has 1 heterocycles. The summed E-state index contributed by atoms with van der Waals surface area (Å²) >= 11 is 3.62. The van der Waals surface area contributed by atoms with E-state index in [1.165, 1.54) is 18.6 Å². The minimum absolute atomic E-state index is 0.00110. The Morgan fingerprint density at radius 1 is 1.32 bits per heavy atom. The standard InChI is InChI=1S/C24H34N2O3S2/c1-3-4-12-30-13-6-11-25-23(27)18-9-10-21-20(16-18)26-24(28)22(31-21)15-17-7-5-8-19(14-17)29-2/h5,7-8,14-15,18,20-21H,3-4,6,9-13,16H2,1-2H3,(H,25,27)(H,26,28)/b22-15+. The van der Waals surface area contributed by atoms with Gasteiger partial charge in [0.2, 0.25) is 5.91 Å². The van der Waals surface area contributed by atoms with E-state index in [4.69, 9.17) is 4.74 Å². The molecule has 1 aromatic rings. The third-order valence-corrected chi connectivity index (χ3v) is 8.35. The summed E-state index contributed by atoms with van der Waals surface area (Å²) in [6, 6.07) is 7.78. The first-order chi connectivity index (χ1) is 15.1. The van der Waals surface area contributed by atoms with Crippen LogP contribution in [0.5, 0.6) is 5.75 Å². The molecule has 2 aliphatic rings. The van der Waals surface area contributed by atoms with Crippen LogP contribution in [-0.2, 0) is 9.59 Å². The average Bonchev–Trinajstić information content (AvgIpc) is 2.78. The number of rotatable bonds is 10. The molecular formula is C24H34N2O3S2. The maximum absolute atomic E-state index is 12.7. The summed E-state index contributed by atoms with van der Waals surface area (Å²) in [5.41, 5.74) is 0.955. The Balaban J connectivity index is 1.46. The highest BCUT2D eigenvalue weighted by Crippen LogP contribution is 2.40. The first-order valence-corrected chi connectivity index (χ1v) is 13.3. The van der Waals surface area contributed by atoms with Gasteiger partial charge in [0.05, 0.1) is 12.0 Å². The van der Waals surface area contributed by atoms with Crippen molar-refractivity contribution in [1.29, 1.82) is 0 Å². The van der Waals surface area contributed by atoms with Gasteiger partial charge in [0.1, 0.15) is 5.75 Å².